The van der Waals surface area contributed by atoms with Gasteiger partial charge in [-0.2, -0.15) is 0 Å². The van der Waals surface area contributed by atoms with Crippen LogP contribution in [-0.4, -0.2) is 82.0 Å². The first-order valence-corrected chi connectivity index (χ1v) is 15.6. The molecule has 3 fully saturated rings. The molecule has 1 spiro atoms. The van der Waals surface area contributed by atoms with Crippen molar-refractivity contribution in [3.63, 3.8) is 0 Å². The number of nitrogens with one attached hydrogen (secondary N) is 2. The molecule has 2 aromatic rings. The number of carbonyl (C=O) groups excluding carboxylic acids is 1. The highest BCUT2D eigenvalue weighted by Crippen LogP contribution is 2.54. The van der Waals surface area contributed by atoms with Crippen molar-refractivity contribution in [2.75, 3.05) is 66.1 Å². The molecule has 1 amide bonds. The second kappa shape index (κ2) is 12.0. The maximum Gasteiger partial charge on any atom is 0.258 e. The number of ether oxygens (including phenoxy) is 2. The van der Waals surface area contributed by atoms with E-state index in [4.69, 9.17) is 9.47 Å². The van der Waals surface area contributed by atoms with Crippen molar-refractivity contribution in [1.82, 2.24) is 4.98 Å². The lowest BCUT2D eigenvalue weighted by Gasteiger charge is -2.35. The van der Waals surface area contributed by atoms with Gasteiger partial charge in [0, 0.05) is 26.2 Å². The number of pyridine rings is 1. The lowest BCUT2D eigenvalue weighted by atomic mass is 9.93. The van der Waals surface area contributed by atoms with E-state index in [-0.39, 0.29) is 17.7 Å². The molecule has 2 aliphatic heterocycles. The fraction of sp³-hybridized carbons (Fsp3) is 0.571. The Hall–Kier alpha value is -3.16. The minimum atomic E-state index is -3.81. The number of amides is 1. The zero-order valence-electron chi connectivity index (χ0n) is 23.4. The number of nitrogens with zero attached hydrogens (tertiary/aromatic N) is 3. The summed E-state index contributed by atoms with van der Waals surface area (Å²) in [5.74, 6) is 0.567. The van der Waals surface area contributed by atoms with E-state index >= 15 is 0 Å². The van der Waals surface area contributed by atoms with Crippen LogP contribution < -0.4 is 24.6 Å². The predicted molar refractivity (Wildman–Crippen MR) is 155 cm³/mol. The Morgan fingerprint density at radius 2 is 1.95 bits per heavy atom. The molecule has 3 aliphatic rings. The van der Waals surface area contributed by atoms with Gasteiger partial charge in [0.25, 0.3) is 5.91 Å². The third kappa shape index (κ3) is 6.68. The van der Waals surface area contributed by atoms with Gasteiger partial charge < -0.3 is 29.7 Å². The van der Waals surface area contributed by atoms with Gasteiger partial charge in [0.05, 0.1) is 36.3 Å². The smallest absolute Gasteiger partial charge is 0.258 e. The Balaban J connectivity index is 1.42. The standard InChI is InChI=1S/C28H38FN5O6S/c1-19-16-34(13-14-39-19)26-24(40-18-29)5-6-25(30-26)31-27(36)22-4-3-21(32-41(37,38)20(2)17-35)15-23(22)33-11-9-28(7-8-28)10-12-33/h3-6,15,19-20,32,35H,7-14,16-18H2,1-2H3,(H,30,31,36)/t19-,20+/m1/s1. The van der Waals surface area contributed by atoms with Crippen LogP contribution in [0.25, 0.3) is 0 Å². The largest absolute Gasteiger partial charge is 0.459 e. The third-order valence-corrected chi connectivity index (χ3v) is 9.97. The molecule has 1 saturated carbocycles. The number of sulfonamides is 1. The van der Waals surface area contributed by atoms with Crippen molar-refractivity contribution < 1.29 is 32.2 Å². The van der Waals surface area contributed by atoms with E-state index in [9.17, 15) is 22.7 Å². The van der Waals surface area contributed by atoms with Crippen molar-refractivity contribution in [2.24, 2.45) is 5.41 Å². The fourth-order valence-corrected chi connectivity index (χ4v) is 6.26. The summed E-state index contributed by atoms with van der Waals surface area (Å²) < 4.78 is 51.6. The number of aliphatic hydroxyl groups excluding tert-OH is 1. The van der Waals surface area contributed by atoms with Crippen molar-refractivity contribution in [1.29, 1.82) is 0 Å². The van der Waals surface area contributed by atoms with E-state index in [2.05, 4.69) is 19.9 Å². The number of alkyl halides is 1. The van der Waals surface area contributed by atoms with Crippen LogP contribution in [0.2, 0.25) is 0 Å². The number of aromatic nitrogens is 1. The van der Waals surface area contributed by atoms with Gasteiger partial charge in [-0.3, -0.25) is 9.52 Å². The van der Waals surface area contributed by atoms with Gasteiger partial charge in [-0.1, -0.05) is 0 Å². The number of piperidine rings is 1. The normalized spacial score (nSPS) is 20.9. The Morgan fingerprint density at radius 1 is 1.20 bits per heavy atom. The highest BCUT2D eigenvalue weighted by atomic mass is 32.2. The van der Waals surface area contributed by atoms with Crippen LogP contribution in [0.3, 0.4) is 0 Å². The number of morpholine rings is 1. The molecule has 2 atom stereocenters. The second-order valence-corrected chi connectivity index (χ2v) is 13.3. The molecule has 5 rings (SSSR count). The molecule has 11 nitrogen and oxygen atoms in total. The minimum Gasteiger partial charge on any atom is -0.459 e. The number of carbonyl (C=O) groups is 1. The predicted octanol–water partition coefficient (Wildman–Crippen LogP) is 3.37. The number of aliphatic hydroxyl groups is 1. The highest BCUT2D eigenvalue weighted by Gasteiger charge is 2.44. The van der Waals surface area contributed by atoms with Crippen molar-refractivity contribution in [3.8, 4) is 5.75 Å². The fourth-order valence-electron chi connectivity index (χ4n) is 5.41. The molecule has 2 saturated heterocycles. The number of anilines is 4. The van der Waals surface area contributed by atoms with Crippen LogP contribution >= 0.6 is 0 Å². The summed E-state index contributed by atoms with van der Waals surface area (Å²) in [6.07, 6.45) is 4.45. The number of hydrogen-bond donors (Lipinski definition) is 3. The SMILES string of the molecule is C[C@@H]1CN(c2nc(NC(=O)c3ccc(NS(=O)(=O)[C@@H](C)CO)cc3N3CCC4(CC3)CC4)ccc2OCF)CCO1. The molecule has 0 bridgehead atoms. The molecule has 3 N–H and O–H groups in total. The van der Waals surface area contributed by atoms with Crippen LogP contribution in [0.5, 0.6) is 5.75 Å². The van der Waals surface area contributed by atoms with Crippen molar-refractivity contribution in [2.45, 2.75) is 50.9 Å². The Morgan fingerprint density at radius 3 is 2.61 bits per heavy atom. The topological polar surface area (TPSA) is 133 Å². The lowest BCUT2D eigenvalue weighted by molar-refractivity contribution is 0.0526. The molecule has 224 valence electrons. The summed E-state index contributed by atoms with van der Waals surface area (Å²) in [4.78, 5) is 22.3. The van der Waals surface area contributed by atoms with Crippen molar-refractivity contribution in [3.05, 3.63) is 35.9 Å². The van der Waals surface area contributed by atoms with Crippen LogP contribution in [0.1, 0.15) is 49.9 Å². The summed E-state index contributed by atoms with van der Waals surface area (Å²) >= 11 is 0. The minimum absolute atomic E-state index is 0.0415. The van der Waals surface area contributed by atoms with Crippen LogP contribution in [0, 0.1) is 5.41 Å². The van der Waals surface area contributed by atoms with E-state index in [1.807, 2.05) is 11.8 Å². The average Bonchev–Trinajstić information content (AvgIpc) is 3.72. The summed E-state index contributed by atoms with van der Waals surface area (Å²) in [5.41, 5.74) is 1.73. The van der Waals surface area contributed by atoms with Gasteiger partial charge in [0.2, 0.25) is 16.9 Å². The van der Waals surface area contributed by atoms with Gasteiger partial charge >= 0.3 is 0 Å². The molecular formula is C28H38FN5O6S. The molecule has 1 aromatic carbocycles. The summed E-state index contributed by atoms with van der Waals surface area (Å²) in [7, 11) is -3.81. The Bertz CT molecular complexity index is 1360. The Kier molecular flexibility index (Phi) is 8.57. The first-order chi connectivity index (χ1) is 19.6. The van der Waals surface area contributed by atoms with Gasteiger partial charge in [-0.15, -0.1) is 0 Å². The van der Waals surface area contributed by atoms with Crippen molar-refractivity contribution >= 4 is 38.9 Å². The van der Waals surface area contributed by atoms with Gasteiger partial charge in [-0.05, 0) is 75.3 Å². The maximum atomic E-state index is 13.6. The second-order valence-electron chi connectivity index (χ2n) is 11.2. The molecule has 1 aliphatic carbocycles. The first kappa shape index (κ1) is 29.3. The zero-order chi connectivity index (χ0) is 29.2. The number of hydrogen-bond acceptors (Lipinski definition) is 9. The van der Waals surface area contributed by atoms with Crippen LogP contribution in [0.4, 0.5) is 27.4 Å². The molecule has 0 unspecified atom stereocenters. The number of benzene rings is 1. The van der Waals surface area contributed by atoms with Gasteiger partial charge in [-0.25, -0.2) is 17.8 Å². The molecular weight excluding hydrogens is 553 g/mol. The van der Waals surface area contributed by atoms with Crippen LogP contribution in [0.15, 0.2) is 30.3 Å². The molecule has 3 heterocycles. The van der Waals surface area contributed by atoms with E-state index in [1.54, 1.807) is 30.3 Å². The van der Waals surface area contributed by atoms with E-state index in [0.29, 0.717) is 47.9 Å². The average molecular weight is 592 g/mol. The summed E-state index contributed by atoms with van der Waals surface area (Å²) in [5, 5.41) is 11.2. The molecule has 13 heteroatoms. The number of rotatable bonds is 10. The zero-order valence-corrected chi connectivity index (χ0v) is 24.3. The Labute approximate surface area is 240 Å². The lowest BCUT2D eigenvalue weighted by Crippen LogP contribution is -2.41. The third-order valence-electron chi connectivity index (χ3n) is 8.24. The highest BCUT2D eigenvalue weighted by molar-refractivity contribution is 7.93. The summed E-state index contributed by atoms with van der Waals surface area (Å²) in [6, 6.07) is 7.95. The van der Waals surface area contributed by atoms with E-state index in [0.717, 1.165) is 25.9 Å². The monoisotopic (exact) mass is 591 g/mol. The quantitative estimate of drug-likeness (QED) is 0.380. The van der Waals surface area contributed by atoms with E-state index in [1.165, 1.54) is 19.8 Å². The van der Waals surface area contributed by atoms with Gasteiger partial charge in [0.15, 0.2) is 11.6 Å². The summed E-state index contributed by atoms with van der Waals surface area (Å²) in [6.45, 7) is 4.94. The molecule has 1 aromatic heterocycles. The molecule has 0 radical (unpaired) electrons. The maximum absolute atomic E-state index is 13.6. The number of halogens is 1. The van der Waals surface area contributed by atoms with Gasteiger partial charge in [0.1, 0.15) is 11.1 Å². The molecule has 41 heavy (non-hydrogen) atoms. The first-order valence-electron chi connectivity index (χ1n) is 14.0. The van der Waals surface area contributed by atoms with Crippen LogP contribution in [-0.2, 0) is 14.8 Å². The van der Waals surface area contributed by atoms with E-state index < -0.39 is 34.6 Å².